The van der Waals surface area contributed by atoms with Gasteiger partial charge in [0.2, 0.25) is 0 Å². The lowest BCUT2D eigenvalue weighted by Crippen LogP contribution is -2.11. The Balaban J connectivity index is 2.33. The molecule has 6 heteroatoms. The van der Waals surface area contributed by atoms with Gasteiger partial charge in [0.05, 0.1) is 5.69 Å². The molecule has 0 saturated carbocycles. The molecule has 0 saturated heterocycles. The Morgan fingerprint density at radius 3 is 2.76 bits per heavy atom. The molecule has 2 aromatic rings. The second-order valence-electron chi connectivity index (χ2n) is 3.45. The van der Waals surface area contributed by atoms with Crippen LogP contribution in [0, 0.1) is 11.6 Å². The van der Waals surface area contributed by atoms with E-state index in [0.717, 1.165) is 12.1 Å². The molecule has 1 aromatic carbocycles. The van der Waals surface area contributed by atoms with Crippen molar-refractivity contribution >= 4 is 11.3 Å². The van der Waals surface area contributed by atoms with Gasteiger partial charge in [-0.05, 0) is 18.2 Å². The summed E-state index contributed by atoms with van der Waals surface area (Å²) >= 11 is 1.23. The van der Waals surface area contributed by atoms with Crippen LogP contribution in [0.15, 0.2) is 23.6 Å². The molecule has 0 bridgehead atoms. The van der Waals surface area contributed by atoms with Crippen LogP contribution >= 0.6 is 11.3 Å². The van der Waals surface area contributed by atoms with Gasteiger partial charge >= 0.3 is 0 Å². The Morgan fingerprint density at radius 1 is 1.35 bits per heavy atom. The zero-order chi connectivity index (χ0) is 12.4. The number of aliphatic hydroxyl groups excluding tert-OH is 1. The number of aliphatic hydroxyl groups is 1. The fourth-order valence-corrected chi connectivity index (χ4v) is 2.16. The standard InChI is InChI=1S/C11H10F2N2OS/c12-7-2-1-6(3-8(7)13)9-5-17-11(15-9)10(16)4-14/h1-3,5,10,16H,4,14H2. The number of aromatic nitrogens is 1. The zero-order valence-electron chi connectivity index (χ0n) is 8.73. The molecule has 0 aliphatic carbocycles. The number of halogens is 2. The van der Waals surface area contributed by atoms with Crippen LogP contribution in [0.25, 0.3) is 11.3 Å². The number of hydrogen-bond donors (Lipinski definition) is 2. The molecule has 0 spiro atoms. The third-order valence-corrected chi connectivity index (χ3v) is 3.19. The smallest absolute Gasteiger partial charge is 0.159 e. The Labute approximate surface area is 101 Å². The summed E-state index contributed by atoms with van der Waals surface area (Å²) in [6, 6.07) is 3.55. The predicted molar refractivity (Wildman–Crippen MR) is 61.5 cm³/mol. The Bertz CT molecular complexity index is 530. The number of hydrogen-bond acceptors (Lipinski definition) is 4. The summed E-state index contributed by atoms with van der Waals surface area (Å²) < 4.78 is 25.8. The van der Waals surface area contributed by atoms with E-state index in [1.165, 1.54) is 17.4 Å². The first kappa shape index (κ1) is 12.1. The maximum atomic E-state index is 13.0. The van der Waals surface area contributed by atoms with Gasteiger partial charge in [-0.3, -0.25) is 0 Å². The third kappa shape index (κ3) is 2.49. The minimum absolute atomic E-state index is 0.0741. The molecular formula is C11H10F2N2OS. The SMILES string of the molecule is NCC(O)c1nc(-c2ccc(F)c(F)c2)cs1. The molecule has 1 atom stereocenters. The van der Waals surface area contributed by atoms with Crippen molar-refractivity contribution in [3.63, 3.8) is 0 Å². The first-order valence-corrected chi connectivity index (χ1v) is 5.78. The Morgan fingerprint density at radius 2 is 2.12 bits per heavy atom. The van der Waals surface area contributed by atoms with E-state index in [1.807, 2.05) is 0 Å². The normalized spacial score (nSPS) is 12.7. The molecule has 1 heterocycles. The van der Waals surface area contributed by atoms with Gasteiger partial charge in [0, 0.05) is 17.5 Å². The molecule has 90 valence electrons. The predicted octanol–water partition coefficient (Wildman–Crippen LogP) is 2.08. The third-order valence-electron chi connectivity index (χ3n) is 2.25. The number of thiazole rings is 1. The van der Waals surface area contributed by atoms with Crippen molar-refractivity contribution in [3.8, 4) is 11.3 Å². The van der Waals surface area contributed by atoms with Gasteiger partial charge < -0.3 is 10.8 Å². The van der Waals surface area contributed by atoms with Crippen molar-refractivity contribution in [2.75, 3.05) is 6.54 Å². The maximum Gasteiger partial charge on any atom is 0.159 e. The van der Waals surface area contributed by atoms with E-state index >= 15 is 0 Å². The molecule has 0 fully saturated rings. The van der Waals surface area contributed by atoms with E-state index in [2.05, 4.69) is 4.98 Å². The maximum absolute atomic E-state index is 13.0. The lowest BCUT2D eigenvalue weighted by atomic mass is 10.1. The highest BCUT2D eigenvalue weighted by Crippen LogP contribution is 2.26. The van der Waals surface area contributed by atoms with E-state index in [0.29, 0.717) is 16.3 Å². The summed E-state index contributed by atoms with van der Waals surface area (Å²) in [6.07, 6.45) is -0.820. The van der Waals surface area contributed by atoms with Gasteiger partial charge in [-0.2, -0.15) is 0 Å². The average Bonchev–Trinajstić information content (AvgIpc) is 2.81. The molecular weight excluding hydrogens is 246 g/mol. The van der Waals surface area contributed by atoms with Crippen LogP contribution in [0.4, 0.5) is 8.78 Å². The van der Waals surface area contributed by atoms with Crippen LogP contribution in [-0.2, 0) is 0 Å². The molecule has 0 aliphatic heterocycles. The van der Waals surface area contributed by atoms with Crippen LogP contribution in [0.5, 0.6) is 0 Å². The number of rotatable bonds is 3. The van der Waals surface area contributed by atoms with Crippen LogP contribution in [-0.4, -0.2) is 16.6 Å². The highest BCUT2D eigenvalue weighted by atomic mass is 32.1. The first-order valence-electron chi connectivity index (χ1n) is 4.91. The lowest BCUT2D eigenvalue weighted by molar-refractivity contribution is 0.186. The van der Waals surface area contributed by atoms with Crippen LogP contribution in [0.3, 0.4) is 0 Å². The lowest BCUT2D eigenvalue weighted by Gasteiger charge is -2.01. The second kappa shape index (κ2) is 4.87. The van der Waals surface area contributed by atoms with Gasteiger partial charge in [0.25, 0.3) is 0 Å². The summed E-state index contributed by atoms with van der Waals surface area (Å²) in [5, 5.41) is 11.6. The quantitative estimate of drug-likeness (QED) is 0.884. The minimum Gasteiger partial charge on any atom is -0.385 e. The molecule has 3 nitrogen and oxygen atoms in total. The second-order valence-corrected chi connectivity index (χ2v) is 4.34. The summed E-state index contributed by atoms with van der Waals surface area (Å²) in [6.45, 7) is 0.0741. The largest absolute Gasteiger partial charge is 0.385 e. The Hall–Kier alpha value is -1.37. The van der Waals surface area contributed by atoms with Crippen molar-refractivity contribution < 1.29 is 13.9 Å². The molecule has 2 rings (SSSR count). The first-order chi connectivity index (χ1) is 8.11. The van der Waals surface area contributed by atoms with Gasteiger partial charge in [-0.15, -0.1) is 11.3 Å². The molecule has 1 aromatic heterocycles. The number of nitrogens with zero attached hydrogens (tertiary/aromatic N) is 1. The van der Waals surface area contributed by atoms with Crippen LogP contribution in [0.2, 0.25) is 0 Å². The summed E-state index contributed by atoms with van der Waals surface area (Å²) in [7, 11) is 0. The van der Waals surface area contributed by atoms with E-state index in [1.54, 1.807) is 5.38 Å². The fraction of sp³-hybridized carbons (Fsp3) is 0.182. The van der Waals surface area contributed by atoms with E-state index in [9.17, 15) is 13.9 Å². The van der Waals surface area contributed by atoms with Gasteiger partial charge in [0.1, 0.15) is 11.1 Å². The Kier molecular flexibility index (Phi) is 3.46. The van der Waals surface area contributed by atoms with Crippen molar-refractivity contribution in [1.29, 1.82) is 0 Å². The number of benzene rings is 1. The number of nitrogens with two attached hydrogens (primary N) is 1. The summed E-state index contributed by atoms with van der Waals surface area (Å²) in [5.41, 5.74) is 6.27. The topological polar surface area (TPSA) is 59.1 Å². The molecule has 1 unspecified atom stereocenters. The summed E-state index contributed by atoms with van der Waals surface area (Å²) in [5.74, 6) is -1.82. The van der Waals surface area contributed by atoms with Crippen molar-refractivity contribution in [2.45, 2.75) is 6.10 Å². The fourth-order valence-electron chi connectivity index (χ4n) is 1.33. The molecule has 3 N–H and O–H groups in total. The molecule has 0 amide bonds. The molecule has 0 aliphatic rings. The molecule has 17 heavy (non-hydrogen) atoms. The van der Waals surface area contributed by atoms with Gasteiger partial charge in [-0.25, -0.2) is 13.8 Å². The van der Waals surface area contributed by atoms with Crippen LogP contribution < -0.4 is 5.73 Å². The zero-order valence-corrected chi connectivity index (χ0v) is 9.55. The van der Waals surface area contributed by atoms with E-state index in [-0.39, 0.29) is 6.54 Å². The van der Waals surface area contributed by atoms with Gasteiger partial charge in [0.15, 0.2) is 11.6 Å². The van der Waals surface area contributed by atoms with E-state index < -0.39 is 17.7 Å². The minimum atomic E-state index is -0.920. The van der Waals surface area contributed by atoms with E-state index in [4.69, 9.17) is 5.73 Å². The van der Waals surface area contributed by atoms with Crippen molar-refractivity contribution in [1.82, 2.24) is 4.98 Å². The highest BCUT2D eigenvalue weighted by molar-refractivity contribution is 7.10. The highest BCUT2D eigenvalue weighted by Gasteiger charge is 2.12. The average molecular weight is 256 g/mol. The summed E-state index contributed by atoms with van der Waals surface area (Å²) in [4.78, 5) is 4.12. The van der Waals surface area contributed by atoms with Crippen molar-refractivity contribution in [3.05, 3.63) is 40.2 Å². The molecule has 0 radical (unpaired) electrons. The van der Waals surface area contributed by atoms with Gasteiger partial charge in [-0.1, -0.05) is 0 Å². The van der Waals surface area contributed by atoms with Crippen molar-refractivity contribution in [2.24, 2.45) is 5.73 Å². The monoisotopic (exact) mass is 256 g/mol. The van der Waals surface area contributed by atoms with Crippen LogP contribution in [0.1, 0.15) is 11.1 Å².